The summed E-state index contributed by atoms with van der Waals surface area (Å²) in [6.45, 7) is 6.85. The summed E-state index contributed by atoms with van der Waals surface area (Å²) in [5, 5.41) is 0. The molecule has 0 aliphatic heterocycles. The predicted molar refractivity (Wildman–Crippen MR) is 78.7 cm³/mol. The van der Waals surface area contributed by atoms with Crippen LogP contribution in [0.5, 0.6) is 11.5 Å². The average Bonchev–Trinajstić information content (AvgIpc) is 2.46. The minimum Gasteiger partial charge on any atom is -0.465 e. The van der Waals surface area contributed by atoms with Crippen molar-refractivity contribution in [3.8, 4) is 11.5 Å². The Morgan fingerprint density at radius 3 is 1.77 bits per heavy atom. The van der Waals surface area contributed by atoms with Crippen molar-refractivity contribution in [2.45, 2.75) is 12.8 Å². The summed E-state index contributed by atoms with van der Waals surface area (Å²) in [7, 11) is 1.21. The van der Waals surface area contributed by atoms with Crippen molar-refractivity contribution in [1.82, 2.24) is 0 Å². The van der Waals surface area contributed by atoms with E-state index >= 15 is 0 Å². The second kappa shape index (κ2) is 8.41. The number of carbonyl (C=O) groups is 3. The number of carbonyl (C=O) groups excluding carboxylic acids is 3. The Morgan fingerprint density at radius 1 is 0.955 bits per heavy atom. The third-order valence-corrected chi connectivity index (χ3v) is 2.39. The van der Waals surface area contributed by atoms with Crippen LogP contribution in [0.4, 0.5) is 0 Å². The molecule has 0 spiro atoms. The summed E-state index contributed by atoms with van der Waals surface area (Å²) in [5.74, 6) is -1.63. The minimum absolute atomic E-state index is 0.00797. The van der Waals surface area contributed by atoms with Gasteiger partial charge in [0.1, 0.15) is 11.5 Å². The molecule has 0 unspecified atom stereocenters. The van der Waals surface area contributed by atoms with Crippen LogP contribution in [-0.2, 0) is 14.3 Å². The third kappa shape index (κ3) is 5.24. The lowest BCUT2D eigenvalue weighted by molar-refractivity contribution is -0.133. The largest absolute Gasteiger partial charge is 0.465 e. The minimum atomic E-state index is -0.650. The highest BCUT2D eigenvalue weighted by Gasteiger charge is 2.14. The van der Waals surface area contributed by atoms with Crippen molar-refractivity contribution in [2.24, 2.45) is 0 Å². The molecule has 0 aliphatic rings. The summed E-state index contributed by atoms with van der Waals surface area (Å²) in [4.78, 5) is 34.5. The fourth-order valence-corrected chi connectivity index (χ4v) is 1.51. The fourth-order valence-electron chi connectivity index (χ4n) is 1.51. The molecule has 0 N–H and O–H groups in total. The van der Waals surface area contributed by atoms with E-state index < -0.39 is 17.9 Å². The second-order valence-corrected chi connectivity index (χ2v) is 4.12. The Labute approximate surface area is 128 Å². The highest BCUT2D eigenvalue weighted by Crippen LogP contribution is 2.24. The number of rotatable bonds is 7. The van der Waals surface area contributed by atoms with E-state index in [0.717, 1.165) is 0 Å². The van der Waals surface area contributed by atoms with Gasteiger partial charge in [-0.25, -0.2) is 4.79 Å². The monoisotopic (exact) mass is 304 g/mol. The van der Waals surface area contributed by atoms with Crippen LogP contribution in [0.15, 0.2) is 43.5 Å². The lowest BCUT2D eigenvalue weighted by atomic mass is 10.2. The maximum Gasteiger partial charge on any atom is 0.338 e. The zero-order valence-corrected chi connectivity index (χ0v) is 12.2. The first-order valence-electron chi connectivity index (χ1n) is 6.36. The van der Waals surface area contributed by atoms with Gasteiger partial charge in [0, 0.05) is 6.07 Å². The van der Waals surface area contributed by atoms with Crippen molar-refractivity contribution in [3.05, 3.63) is 49.1 Å². The van der Waals surface area contributed by atoms with Crippen molar-refractivity contribution in [1.29, 1.82) is 0 Å². The van der Waals surface area contributed by atoms with Gasteiger partial charge in [-0.1, -0.05) is 12.2 Å². The van der Waals surface area contributed by atoms with Gasteiger partial charge >= 0.3 is 17.9 Å². The molecule has 0 atom stereocenters. The van der Waals surface area contributed by atoms with Crippen molar-refractivity contribution >= 4 is 17.9 Å². The lowest BCUT2D eigenvalue weighted by Gasteiger charge is -2.09. The first-order chi connectivity index (χ1) is 10.5. The van der Waals surface area contributed by atoms with Crippen molar-refractivity contribution < 1.29 is 28.6 Å². The second-order valence-electron chi connectivity index (χ2n) is 4.12. The van der Waals surface area contributed by atoms with Crippen molar-refractivity contribution in [2.75, 3.05) is 7.11 Å². The zero-order valence-electron chi connectivity index (χ0n) is 12.2. The van der Waals surface area contributed by atoms with E-state index in [1.165, 1.54) is 37.5 Å². The molecule has 0 aliphatic carbocycles. The van der Waals surface area contributed by atoms with Gasteiger partial charge in [0.2, 0.25) is 0 Å². The maximum atomic E-state index is 11.6. The lowest BCUT2D eigenvalue weighted by Crippen LogP contribution is -2.10. The molecule has 6 nitrogen and oxygen atoms in total. The van der Waals surface area contributed by atoms with Crippen LogP contribution in [0.2, 0.25) is 0 Å². The molecule has 0 heterocycles. The third-order valence-electron chi connectivity index (χ3n) is 2.39. The Kier molecular flexibility index (Phi) is 6.56. The molecular formula is C16H16O6. The first kappa shape index (κ1) is 17.2. The molecule has 22 heavy (non-hydrogen) atoms. The molecule has 116 valence electrons. The van der Waals surface area contributed by atoms with Gasteiger partial charge in [-0.15, -0.1) is 13.2 Å². The van der Waals surface area contributed by atoms with Crippen LogP contribution in [0, 0.1) is 0 Å². The van der Waals surface area contributed by atoms with Gasteiger partial charge in [0.15, 0.2) is 0 Å². The SMILES string of the molecule is C=CCC(=O)Oc1cc(OC(=O)CC=C)cc(C(=O)OC)c1. The van der Waals surface area contributed by atoms with Gasteiger partial charge in [-0.3, -0.25) is 9.59 Å². The van der Waals surface area contributed by atoms with E-state index in [1.54, 1.807) is 0 Å². The van der Waals surface area contributed by atoms with Crippen LogP contribution < -0.4 is 9.47 Å². The Bertz CT molecular complexity index is 560. The molecule has 0 saturated heterocycles. The Balaban J connectivity index is 3.06. The van der Waals surface area contributed by atoms with Gasteiger partial charge in [0.05, 0.1) is 25.5 Å². The Morgan fingerprint density at radius 2 is 1.41 bits per heavy atom. The van der Waals surface area contributed by atoms with E-state index in [0.29, 0.717) is 0 Å². The van der Waals surface area contributed by atoms with E-state index in [-0.39, 0.29) is 29.9 Å². The van der Waals surface area contributed by atoms with E-state index in [2.05, 4.69) is 17.9 Å². The average molecular weight is 304 g/mol. The number of methoxy groups -OCH3 is 1. The molecule has 0 saturated carbocycles. The summed E-state index contributed by atoms with van der Waals surface area (Å²) < 4.78 is 14.7. The highest BCUT2D eigenvalue weighted by molar-refractivity contribution is 5.91. The molecular weight excluding hydrogens is 288 g/mol. The van der Waals surface area contributed by atoms with Crippen molar-refractivity contribution in [3.63, 3.8) is 0 Å². The van der Waals surface area contributed by atoms with E-state index in [4.69, 9.17) is 9.47 Å². The molecule has 0 bridgehead atoms. The van der Waals surface area contributed by atoms with Gasteiger partial charge < -0.3 is 14.2 Å². The zero-order chi connectivity index (χ0) is 16.5. The molecule has 0 amide bonds. The molecule has 6 heteroatoms. The summed E-state index contributed by atoms with van der Waals surface area (Å²) in [6.07, 6.45) is 2.79. The standard InChI is InChI=1S/C16H16O6/c1-4-6-14(17)21-12-8-11(16(19)20-3)9-13(10-12)22-15(18)7-5-2/h4-5,8-10H,1-2,6-7H2,3H3. The molecule has 0 fully saturated rings. The quantitative estimate of drug-likeness (QED) is 0.437. The normalized spacial score (nSPS) is 9.50. The van der Waals surface area contributed by atoms with Gasteiger partial charge in [-0.2, -0.15) is 0 Å². The Hall–Kier alpha value is -2.89. The number of esters is 3. The number of hydrogen-bond acceptors (Lipinski definition) is 6. The van der Waals surface area contributed by atoms with Crippen LogP contribution in [0.1, 0.15) is 23.2 Å². The van der Waals surface area contributed by atoms with Crippen LogP contribution in [0.3, 0.4) is 0 Å². The highest BCUT2D eigenvalue weighted by atomic mass is 16.5. The number of benzene rings is 1. The van der Waals surface area contributed by atoms with Crippen LogP contribution in [-0.4, -0.2) is 25.0 Å². The smallest absolute Gasteiger partial charge is 0.338 e. The van der Waals surface area contributed by atoms with E-state index in [1.807, 2.05) is 0 Å². The first-order valence-corrected chi connectivity index (χ1v) is 6.36. The van der Waals surface area contributed by atoms with Crippen LogP contribution in [0.25, 0.3) is 0 Å². The predicted octanol–water partition coefficient (Wildman–Crippen LogP) is 2.44. The van der Waals surface area contributed by atoms with Gasteiger partial charge in [-0.05, 0) is 12.1 Å². The van der Waals surface area contributed by atoms with Gasteiger partial charge in [0.25, 0.3) is 0 Å². The molecule has 0 aromatic heterocycles. The van der Waals surface area contributed by atoms with E-state index in [9.17, 15) is 14.4 Å². The number of ether oxygens (including phenoxy) is 3. The number of hydrogen-bond donors (Lipinski definition) is 0. The molecule has 1 aromatic rings. The molecule has 1 aromatic carbocycles. The summed E-state index contributed by atoms with van der Waals surface area (Å²) in [6, 6.07) is 3.96. The maximum absolute atomic E-state index is 11.6. The topological polar surface area (TPSA) is 78.9 Å². The fraction of sp³-hybridized carbons (Fsp3) is 0.188. The summed E-state index contributed by atoms with van der Waals surface area (Å²) >= 11 is 0. The molecule has 1 rings (SSSR count). The molecule has 0 radical (unpaired) electrons. The van der Waals surface area contributed by atoms with Crippen LogP contribution >= 0.6 is 0 Å². The summed E-state index contributed by atoms with van der Waals surface area (Å²) in [5.41, 5.74) is 0.0906.